The van der Waals surface area contributed by atoms with Crippen LogP contribution in [0.3, 0.4) is 0 Å². The number of nitrogens with one attached hydrogen (secondary N) is 2. The molecule has 90 valence electrons. The molecule has 0 saturated heterocycles. The number of nitrogens with zero attached hydrogens (tertiary/aromatic N) is 4. The zero-order valence-electron chi connectivity index (χ0n) is 9.81. The van der Waals surface area contributed by atoms with E-state index >= 15 is 0 Å². The number of nitrogens with two attached hydrogens (primary N) is 1. The molecule has 0 aliphatic carbocycles. The van der Waals surface area contributed by atoms with Crippen LogP contribution in [0, 0.1) is 6.92 Å². The Hall–Kier alpha value is -2.15. The predicted molar refractivity (Wildman–Crippen MR) is 65.1 cm³/mol. The summed E-state index contributed by atoms with van der Waals surface area (Å²) in [4.78, 5) is 8.17. The van der Waals surface area contributed by atoms with E-state index in [-0.39, 0.29) is 0 Å². The van der Waals surface area contributed by atoms with E-state index in [4.69, 9.17) is 5.84 Å². The van der Waals surface area contributed by atoms with E-state index in [1.165, 1.54) is 6.33 Å². The maximum Gasteiger partial charge on any atom is 0.148 e. The Labute approximate surface area is 99.0 Å². The monoisotopic (exact) mass is 233 g/mol. The van der Waals surface area contributed by atoms with Crippen LogP contribution in [0.15, 0.2) is 18.6 Å². The average molecular weight is 233 g/mol. The van der Waals surface area contributed by atoms with E-state index in [2.05, 4.69) is 25.8 Å². The molecular weight excluding hydrogens is 218 g/mol. The molecule has 0 atom stereocenters. The van der Waals surface area contributed by atoms with Crippen LogP contribution in [-0.2, 0) is 13.6 Å². The van der Waals surface area contributed by atoms with Crippen LogP contribution in [-0.4, -0.2) is 19.7 Å². The van der Waals surface area contributed by atoms with Crippen molar-refractivity contribution in [2.24, 2.45) is 12.9 Å². The second-order valence-electron chi connectivity index (χ2n) is 3.67. The summed E-state index contributed by atoms with van der Waals surface area (Å²) in [5.41, 5.74) is 4.36. The number of aromatic nitrogens is 4. The molecule has 0 spiro atoms. The highest BCUT2D eigenvalue weighted by atomic mass is 15.3. The van der Waals surface area contributed by atoms with Gasteiger partial charge in [0.25, 0.3) is 0 Å². The first kappa shape index (κ1) is 11.3. The summed E-state index contributed by atoms with van der Waals surface area (Å²) in [6, 6.07) is 1.95. The molecule has 0 aliphatic heterocycles. The zero-order valence-corrected chi connectivity index (χ0v) is 9.81. The Morgan fingerprint density at radius 2 is 2.12 bits per heavy atom. The molecular formula is C10H15N7. The Kier molecular flexibility index (Phi) is 3.20. The molecule has 7 heteroatoms. The van der Waals surface area contributed by atoms with Gasteiger partial charge in [0.05, 0.1) is 12.2 Å². The zero-order chi connectivity index (χ0) is 12.3. The van der Waals surface area contributed by atoms with Crippen molar-refractivity contribution in [1.82, 2.24) is 19.7 Å². The molecule has 0 unspecified atom stereocenters. The molecule has 7 nitrogen and oxygen atoms in total. The van der Waals surface area contributed by atoms with Crippen molar-refractivity contribution >= 4 is 11.6 Å². The number of hydrogen-bond acceptors (Lipinski definition) is 6. The standard InChI is InChI=1S/C10H15N7/c1-7-9(13-6-14-10(7)15-11)12-5-8-3-4-17(2)16-8/h3-4,6H,5,11H2,1-2H3,(H2,12,13,14,15). The second-order valence-corrected chi connectivity index (χ2v) is 3.67. The van der Waals surface area contributed by atoms with Crippen LogP contribution in [0.5, 0.6) is 0 Å². The largest absolute Gasteiger partial charge is 0.364 e. The van der Waals surface area contributed by atoms with E-state index < -0.39 is 0 Å². The summed E-state index contributed by atoms with van der Waals surface area (Å²) in [6.45, 7) is 2.51. The maximum atomic E-state index is 5.35. The summed E-state index contributed by atoms with van der Waals surface area (Å²) in [5, 5.41) is 7.46. The maximum absolute atomic E-state index is 5.35. The molecule has 2 rings (SSSR count). The van der Waals surface area contributed by atoms with Gasteiger partial charge >= 0.3 is 0 Å². The SMILES string of the molecule is Cc1c(NN)ncnc1NCc1ccn(C)n1. The van der Waals surface area contributed by atoms with Gasteiger partial charge in [-0.3, -0.25) is 4.68 Å². The van der Waals surface area contributed by atoms with Crippen LogP contribution in [0.4, 0.5) is 11.6 Å². The molecule has 0 radical (unpaired) electrons. The smallest absolute Gasteiger partial charge is 0.148 e. The molecule has 17 heavy (non-hydrogen) atoms. The Morgan fingerprint density at radius 3 is 2.76 bits per heavy atom. The lowest BCUT2D eigenvalue weighted by molar-refractivity contribution is 0.746. The van der Waals surface area contributed by atoms with E-state index in [1.807, 2.05) is 26.2 Å². The summed E-state index contributed by atoms with van der Waals surface area (Å²) >= 11 is 0. The van der Waals surface area contributed by atoms with E-state index in [1.54, 1.807) is 4.68 Å². The third-order valence-corrected chi connectivity index (χ3v) is 2.43. The highest BCUT2D eigenvalue weighted by Crippen LogP contribution is 2.17. The third kappa shape index (κ3) is 2.51. The molecule has 2 aromatic rings. The lowest BCUT2D eigenvalue weighted by Gasteiger charge is -2.09. The first-order chi connectivity index (χ1) is 8.20. The molecule has 0 aromatic carbocycles. The van der Waals surface area contributed by atoms with E-state index in [9.17, 15) is 0 Å². The Balaban J connectivity index is 2.09. The first-order valence-corrected chi connectivity index (χ1v) is 5.21. The minimum absolute atomic E-state index is 0.614. The number of anilines is 2. The molecule has 0 fully saturated rings. The fraction of sp³-hybridized carbons (Fsp3) is 0.300. The van der Waals surface area contributed by atoms with Gasteiger partial charge in [0.15, 0.2) is 0 Å². The van der Waals surface area contributed by atoms with Gasteiger partial charge in [0.2, 0.25) is 0 Å². The second kappa shape index (κ2) is 4.79. The van der Waals surface area contributed by atoms with Crippen molar-refractivity contribution in [2.75, 3.05) is 10.7 Å². The van der Waals surface area contributed by atoms with Gasteiger partial charge < -0.3 is 10.7 Å². The number of aryl methyl sites for hydroxylation is 1. The van der Waals surface area contributed by atoms with Crippen molar-refractivity contribution in [3.05, 3.63) is 29.8 Å². The van der Waals surface area contributed by atoms with Gasteiger partial charge in [-0.25, -0.2) is 15.8 Å². The van der Waals surface area contributed by atoms with Gasteiger partial charge in [0, 0.05) is 18.8 Å². The highest BCUT2D eigenvalue weighted by Gasteiger charge is 2.05. The normalized spacial score (nSPS) is 10.3. The molecule has 0 aliphatic rings. The topological polar surface area (TPSA) is 93.7 Å². The molecule has 2 heterocycles. The Morgan fingerprint density at radius 1 is 1.35 bits per heavy atom. The molecule has 2 aromatic heterocycles. The lowest BCUT2D eigenvalue weighted by Crippen LogP contribution is -2.12. The van der Waals surface area contributed by atoms with Gasteiger partial charge in [-0.1, -0.05) is 0 Å². The van der Waals surface area contributed by atoms with Crippen LogP contribution < -0.4 is 16.6 Å². The van der Waals surface area contributed by atoms with Crippen molar-refractivity contribution in [1.29, 1.82) is 0 Å². The van der Waals surface area contributed by atoms with Crippen LogP contribution in [0.1, 0.15) is 11.3 Å². The van der Waals surface area contributed by atoms with Gasteiger partial charge in [0.1, 0.15) is 18.0 Å². The summed E-state index contributed by atoms with van der Waals surface area (Å²) < 4.78 is 1.76. The first-order valence-electron chi connectivity index (χ1n) is 5.21. The van der Waals surface area contributed by atoms with Gasteiger partial charge in [-0.15, -0.1) is 0 Å². The van der Waals surface area contributed by atoms with Crippen molar-refractivity contribution in [3.63, 3.8) is 0 Å². The van der Waals surface area contributed by atoms with Crippen molar-refractivity contribution < 1.29 is 0 Å². The lowest BCUT2D eigenvalue weighted by atomic mass is 10.3. The molecule has 0 amide bonds. The molecule has 0 bridgehead atoms. The molecule has 4 N–H and O–H groups in total. The number of rotatable bonds is 4. The van der Waals surface area contributed by atoms with Crippen molar-refractivity contribution in [3.8, 4) is 0 Å². The third-order valence-electron chi connectivity index (χ3n) is 2.43. The highest BCUT2D eigenvalue weighted by molar-refractivity contribution is 5.55. The van der Waals surface area contributed by atoms with Crippen LogP contribution >= 0.6 is 0 Å². The van der Waals surface area contributed by atoms with Crippen molar-refractivity contribution in [2.45, 2.75) is 13.5 Å². The van der Waals surface area contributed by atoms with Gasteiger partial charge in [-0.2, -0.15) is 5.10 Å². The van der Waals surface area contributed by atoms with E-state index in [0.29, 0.717) is 12.4 Å². The quantitative estimate of drug-likeness (QED) is 0.523. The Bertz CT molecular complexity index is 505. The summed E-state index contributed by atoms with van der Waals surface area (Å²) in [5.74, 6) is 6.71. The predicted octanol–water partition coefficient (Wildman–Crippen LogP) is 0.416. The minimum Gasteiger partial charge on any atom is -0.364 e. The number of hydrazine groups is 1. The fourth-order valence-corrected chi connectivity index (χ4v) is 1.51. The average Bonchev–Trinajstić information content (AvgIpc) is 2.74. The van der Waals surface area contributed by atoms with Crippen LogP contribution in [0.25, 0.3) is 0 Å². The number of nitrogen functional groups attached to an aromatic ring is 1. The van der Waals surface area contributed by atoms with Gasteiger partial charge in [-0.05, 0) is 13.0 Å². The van der Waals surface area contributed by atoms with E-state index in [0.717, 1.165) is 17.1 Å². The summed E-state index contributed by atoms with van der Waals surface area (Å²) in [6.07, 6.45) is 3.36. The van der Waals surface area contributed by atoms with Crippen LogP contribution in [0.2, 0.25) is 0 Å². The molecule has 0 saturated carbocycles. The fourth-order valence-electron chi connectivity index (χ4n) is 1.51. The summed E-state index contributed by atoms with van der Waals surface area (Å²) in [7, 11) is 1.88. The minimum atomic E-state index is 0.614. The number of hydrogen-bond donors (Lipinski definition) is 3.